The molecule has 0 aliphatic carbocycles. The third-order valence-corrected chi connectivity index (χ3v) is 5.37. The van der Waals surface area contributed by atoms with Crippen LogP contribution in [0.25, 0.3) is 6.08 Å². The van der Waals surface area contributed by atoms with Crippen molar-refractivity contribution in [1.29, 1.82) is 0 Å². The van der Waals surface area contributed by atoms with E-state index in [2.05, 4.69) is 16.0 Å². The molecule has 0 aliphatic heterocycles. The number of amides is 3. The minimum absolute atomic E-state index is 0. The van der Waals surface area contributed by atoms with Gasteiger partial charge >= 0.3 is 35.7 Å². The van der Waals surface area contributed by atoms with Gasteiger partial charge in [-0.3, -0.25) is 9.59 Å². The van der Waals surface area contributed by atoms with E-state index in [0.717, 1.165) is 11.1 Å². The van der Waals surface area contributed by atoms with Gasteiger partial charge in [0.25, 0.3) is 0 Å². The summed E-state index contributed by atoms with van der Waals surface area (Å²) in [6, 6.07) is 17.8. The summed E-state index contributed by atoms with van der Waals surface area (Å²) in [6.07, 6.45) is 4.93. The van der Waals surface area contributed by atoms with Crippen LogP contribution in [0.5, 0.6) is 0 Å². The number of nitrogens with one attached hydrogen (secondary N) is 3. The number of benzene rings is 2. The fraction of sp³-hybridized carbons (Fsp3) is 0.357. The first-order valence-electron chi connectivity index (χ1n) is 12.4. The second-order valence-corrected chi connectivity index (χ2v) is 8.41. The van der Waals surface area contributed by atoms with Crippen molar-refractivity contribution >= 4 is 30.0 Å². The van der Waals surface area contributed by atoms with Crippen molar-refractivity contribution in [2.75, 3.05) is 13.1 Å². The van der Waals surface area contributed by atoms with Gasteiger partial charge in [0, 0.05) is 25.1 Å². The monoisotopic (exact) mass is 531 g/mol. The Hall–Kier alpha value is -3.14. The molecule has 1 atom stereocenters. The zero-order chi connectivity index (χ0) is 26.7. The molecular formula is C28H34N3NaO6. The Balaban J connectivity index is 0.00000722. The zero-order valence-corrected chi connectivity index (χ0v) is 23.8. The number of carbonyl (C=O) groups is 4. The minimum atomic E-state index is -1.09. The number of hydrogen-bond donors (Lipinski definition) is 3. The smallest absolute Gasteiger partial charge is 0.550 e. The van der Waals surface area contributed by atoms with Gasteiger partial charge in [-0.15, -0.1) is 0 Å². The molecule has 0 fully saturated rings. The van der Waals surface area contributed by atoms with Gasteiger partial charge in [-0.05, 0) is 49.3 Å². The average molecular weight is 532 g/mol. The quantitative estimate of drug-likeness (QED) is 0.149. The standard InChI is InChI=1S/C28H35N3O6.Na/c32-25(18-17-22-11-4-1-5-12-22)31-24(27(35)29-19-9-3-8-16-26(33)34)15-10-20-30-28(36)37-21-23-13-6-2-7-14-23;/h1-2,4-7,11-14,17-18,24H,3,8-10,15-16,19-21H2,(H,29,35)(H,30,36)(H,31,32)(H,33,34);/q;+1/p-1/b18-17+;/t24-;/m0./s1. The average Bonchev–Trinajstić information content (AvgIpc) is 2.90. The number of aliphatic carboxylic acids is 1. The Kier molecular flexibility index (Phi) is 17.2. The predicted octanol–water partition coefficient (Wildman–Crippen LogP) is -0.678. The molecule has 0 saturated carbocycles. The zero-order valence-electron chi connectivity index (χ0n) is 21.8. The van der Waals surface area contributed by atoms with Crippen molar-refractivity contribution in [3.8, 4) is 0 Å². The van der Waals surface area contributed by atoms with E-state index >= 15 is 0 Å². The normalized spacial score (nSPS) is 11.2. The van der Waals surface area contributed by atoms with E-state index in [1.165, 1.54) is 6.08 Å². The van der Waals surface area contributed by atoms with Crippen molar-refractivity contribution in [1.82, 2.24) is 16.0 Å². The molecule has 2 aromatic rings. The summed E-state index contributed by atoms with van der Waals surface area (Å²) in [5.41, 5.74) is 1.73. The van der Waals surface area contributed by atoms with E-state index < -0.39 is 24.0 Å². The van der Waals surface area contributed by atoms with Crippen molar-refractivity contribution in [2.45, 2.75) is 51.2 Å². The van der Waals surface area contributed by atoms with E-state index in [-0.39, 0.29) is 55.0 Å². The van der Waals surface area contributed by atoms with Crippen LogP contribution < -0.4 is 50.6 Å². The second-order valence-electron chi connectivity index (χ2n) is 8.41. The molecule has 2 rings (SSSR count). The summed E-state index contributed by atoms with van der Waals surface area (Å²) >= 11 is 0. The molecule has 0 heterocycles. The molecular weight excluding hydrogens is 497 g/mol. The summed E-state index contributed by atoms with van der Waals surface area (Å²) in [5.74, 6) is -1.84. The third-order valence-electron chi connectivity index (χ3n) is 5.37. The Bertz CT molecular complexity index is 1020. The van der Waals surface area contributed by atoms with E-state index in [9.17, 15) is 24.3 Å². The summed E-state index contributed by atoms with van der Waals surface area (Å²) in [4.78, 5) is 47.6. The molecule has 3 N–H and O–H groups in total. The molecule has 0 bridgehead atoms. The minimum Gasteiger partial charge on any atom is -0.550 e. The van der Waals surface area contributed by atoms with Crippen LogP contribution in [0.4, 0.5) is 4.79 Å². The molecule has 0 aromatic heterocycles. The Morgan fingerprint density at radius 2 is 1.50 bits per heavy atom. The number of carbonyl (C=O) groups excluding carboxylic acids is 4. The molecule has 38 heavy (non-hydrogen) atoms. The first-order valence-corrected chi connectivity index (χ1v) is 12.4. The fourth-order valence-electron chi connectivity index (χ4n) is 3.40. The van der Waals surface area contributed by atoms with Crippen LogP contribution >= 0.6 is 0 Å². The number of alkyl carbamates (subject to hydrolysis) is 1. The van der Waals surface area contributed by atoms with Crippen molar-refractivity contribution in [3.63, 3.8) is 0 Å². The van der Waals surface area contributed by atoms with Crippen molar-refractivity contribution < 1.29 is 58.6 Å². The largest absolute Gasteiger partial charge is 1.00 e. The molecule has 0 aliphatic rings. The van der Waals surface area contributed by atoms with Gasteiger partial charge in [-0.2, -0.15) is 0 Å². The maximum absolute atomic E-state index is 12.7. The molecule has 0 unspecified atom stereocenters. The van der Waals surface area contributed by atoms with E-state index in [1.54, 1.807) is 6.08 Å². The Morgan fingerprint density at radius 3 is 2.18 bits per heavy atom. The van der Waals surface area contributed by atoms with Crippen LogP contribution in [0.2, 0.25) is 0 Å². The maximum Gasteiger partial charge on any atom is 1.00 e. The van der Waals surface area contributed by atoms with Crippen molar-refractivity contribution in [3.05, 3.63) is 77.9 Å². The SMILES string of the molecule is O=C([O-])CCCCCNC(=O)[C@H](CCCNC(=O)OCc1ccccc1)NC(=O)/C=C/c1ccccc1.[Na+]. The number of unbranched alkanes of at least 4 members (excludes halogenated alkanes) is 2. The predicted molar refractivity (Wildman–Crippen MR) is 138 cm³/mol. The van der Waals surface area contributed by atoms with E-state index in [1.807, 2.05) is 60.7 Å². The molecule has 0 radical (unpaired) electrons. The van der Waals surface area contributed by atoms with Gasteiger partial charge in [0.15, 0.2) is 0 Å². The molecule has 2 aromatic carbocycles. The first-order chi connectivity index (χ1) is 17.9. The first kappa shape index (κ1) is 32.9. The Morgan fingerprint density at radius 1 is 0.842 bits per heavy atom. The van der Waals surface area contributed by atoms with Gasteiger partial charge in [-0.1, -0.05) is 67.1 Å². The van der Waals surface area contributed by atoms with Gasteiger partial charge in [0.1, 0.15) is 12.6 Å². The summed E-state index contributed by atoms with van der Waals surface area (Å²) in [5, 5.41) is 18.6. The van der Waals surface area contributed by atoms with Crippen LogP contribution in [0.3, 0.4) is 0 Å². The van der Waals surface area contributed by atoms with E-state index in [0.29, 0.717) is 38.6 Å². The maximum atomic E-state index is 12.7. The third kappa shape index (κ3) is 15.2. The number of carboxylic acids is 1. The van der Waals surface area contributed by atoms with Crippen LogP contribution in [0.15, 0.2) is 66.7 Å². The molecule has 10 heteroatoms. The van der Waals surface area contributed by atoms with Gasteiger partial charge < -0.3 is 30.6 Å². The van der Waals surface area contributed by atoms with Gasteiger partial charge in [-0.25, -0.2) is 4.79 Å². The van der Waals surface area contributed by atoms with E-state index in [4.69, 9.17) is 4.74 Å². The van der Waals surface area contributed by atoms with Gasteiger partial charge in [0.2, 0.25) is 11.8 Å². The number of ether oxygens (including phenoxy) is 1. The van der Waals surface area contributed by atoms with Crippen LogP contribution in [-0.4, -0.2) is 43.0 Å². The summed E-state index contributed by atoms with van der Waals surface area (Å²) < 4.78 is 5.17. The van der Waals surface area contributed by atoms with Crippen LogP contribution in [0, 0.1) is 0 Å². The van der Waals surface area contributed by atoms with Crippen LogP contribution in [-0.2, 0) is 25.7 Å². The molecule has 3 amide bonds. The topological polar surface area (TPSA) is 137 Å². The number of rotatable bonds is 16. The molecule has 198 valence electrons. The van der Waals surface area contributed by atoms with Crippen molar-refractivity contribution in [2.24, 2.45) is 0 Å². The number of hydrogen-bond acceptors (Lipinski definition) is 6. The second kappa shape index (κ2) is 19.9. The summed E-state index contributed by atoms with van der Waals surface area (Å²) in [6.45, 7) is 0.795. The molecule has 0 saturated heterocycles. The summed E-state index contributed by atoms with van der Waals surface area (Å²) in [7, 11) is 0. The van der Waals surface area contributed by atoms with Crippen LogP contribution in [0.1, 0.15) is 49.7 Å². The van der Waals surface area contributed by atoms with Gasteiger partial charge in [0.05, 0.1) is 0 Å². The molecule has 9 nitrogen and oxygen atoms in total. The fourth-order valence-corrected chi connectivity index (χ4v) is 3.40. The Labute approximate surface area is 245 Å². The number of carboxylic acid groups (broad SMARTS) is 1. The molecule has 0 spiro atoms.